The molecule has 1 aromatic carbocycles. The second-order valence-electron chi connectivity index (χ2n) is 7.57. The molecule has 1 saturated carbocycles. The van der Waals surface area contributed by atoms with E-state index in [1.807, 2.05) is 20.8 Å². The average molecular weight is 473 g/mol. The molecule has 3 rings (SSSR count). The van der Waals surface area contributed by atoms with Gasteiger partial charge in [0.25, 0.3) is 15.9 Å². The Hall–Kier alpha value is -2.14. The molecule has 0 atom stereocenters. The first-order valence-corrected chi connectivity index (χ1v) is 10.8. The lowest BCUT2D eigenvalue weighted by Gasteiger charge is -2.20. The minimum Gasteiger partial charge on any atom is -0.495 e. The summed E-state index contributed by atoms with van der Waals surface area (Å²) in [5.41, 5.74) is -0.960. The van der Waals surface area contributed by atoms with E-state index in [4.69, 9.17) is 4.74 Å². The number of benzene rings is 1. The Labute approximate surface area is 170 Å². The normalized spacial score (nSPS) is 14.8. The van der Waals surface area contributed by atoms with Crippen molar-refractivity contribution in [1.29, 1.82) is 0 Å². The first-order chi connectivity index (χ1) is 13.0. The fraction of sp³-hybridized carbons (Fsp3) is 0.471. The van der Waals surface area contributed by atoms with Crippen molar-refractivity contribution in [2.24, 2.45) is 0 Å². The van der Waals surface area contributed by atoms with Gasteiger partial charge in [-0.2, -0.15) is 8.42 Å². The molecular formula is C17H21BrN4O5S. The number of nitrogens with one attached hydrogen (secondary N) is 1. The molecule has 9 nitrogen and oxygen atoms in total. The summed E-state index contributed by atoms with van der Waals surface area (Å²) in [6, 6.07) is 3.89. The van der Waals surface area contributed by atoms with Crippen LogP contribution in [0.1, 0.15) is 50.0 Å². The summed E-state index contributed by atoms with van der Waals surface area (Å²) in [5.74, 6) is -0.418. The Kier molecular flexibility index (Phi) is 5.17. The highest BCUT2D eigenvalue weighted by Crippen LogP contribution is 2.35. The summed E-state index contributed by atoms with van der Waals surface area (Å²) < 4.78 is 33.2. The van der Waals surface area contributed by atoms with Gasteiger partial charge in [0.15, 0.2) is 0 Å². The highest BCUT2D eigenvalue weighted by Gasteiger charge is 2.34. The van der Waals surface area contributed by atoms with Crippen molar-refractivity contribution in [2.45, 2.75) is 50.1 Å². The van der Waals surface area contributed by atoms with Gasteiger partial charge in [-0.25, -0.2) is 4.79 Å². The number of halogens is 1. The molecule has 1 aliphatic rings. The minimum atomic E-state index is -4.31. The first-order valence-electron chi connectivity index (χ1n) is 8.59. The topological polar surface area (TPSA) is 112 Å². The fourth-order valence-electron chi connectivity index (χ4n) is 2.66. The molecule has 11 heteroatoms. The molecule has 1 amide bonds. The van der Waals surface area contributed by atoms with Crippen molar-refractivity contribution in [3.8, 4) is 5.75 Å². The molecule has 0 bridgehead atoms. The summed E-state index contributed by atoms with van der Waals surface area (Å²) in [5, 5.41) is 6.66. The molecule has 0 spiro atoms. The molecular weight excluding hydrogens is 452 g/mol. The van der Waals surface area contributed by atoms with Crippen LogP contribution in [0.5, 0.6) is 5.75 Å². The van der Waals surface area contributed by atoms with Gasteiger partial charge in [0.05, 0.1) is 7.11 Å². The van der Waals surface area contributed by atoms with Crippen LogP contribution in [-0.2, 0) is 10.0 Å². The van der Waals surface area contributed by atoms with Gasteiger partial charge in [-0.1, -0.05) is 4.09 Å². The smallest absolute Gasteiger partial charge is 0.361 e. The van der Waals surface area contributed by atoms with Crippen molar-refractivity contribution in [3.63, 3.8) is 0 Å². The number of hydrogen-bond donors (Lipinski definition) is 1. The minimum absolute atomic E-state index is 0.0452. The van der Waals surface area contributed by atoms with Crippen LogP contribution in [-0.4, -0.2) is 40.7 Å². The Morgan fingerprint density at radius 3 is 2.50 bits per heavy atom. The quantitative estimate of drug-likeness (QED) is 0.710. The Morgan fingerprint density at radius 2 is 1.96 bits per heavy atom. The molecule has 1 heterocycles. The Balaban J connectivity index is 2.04. The van der Waals surface area contributed by atoms with Gasteiger partial charge in [-0.15, -0.1) is 5.10 Å². The van der Waals surface area contributed by atoms with E-state index in [1.165, 1.54) is 29.9 Å². The average Bonchev–Trinajstić information content (AvgIpc) is 3.37. The third-order valence-electron chi connectivity index (χ3n) is 4.07. The lowest BCUT2D eigenvalue weighted by atomic mass is 10.1. The predicted octanol–water partition coefficient (Wildman–Crippen LogP) is 1.92. The third-order valence-corrected chi connectivity index (χ3v) is 6.20. The zero-order valence-corrected chi connectivity index (χ0v) is 18.3. The highest BCUT2D eigenvalue weighted by molar-refractivity contribution is 9.10. The highest BCUT2D eigenvalue weighted by atomic mass is 79.9. The number of rotatable bonds is 5. The number of nitrogens with zero attached hydrogens (tertiary/aromatic N) is 3. The summed E-state index contributed by atoms with van der Waals surface area (Å²) >= 11 is 3.15. The number of aromatic nitrogens is 3. The van der Waals surface area contributed by atoms with E-state index in [1.54, 1.807) is 0 Å². The number of ether oxygens (including phenoxy) is 1. The summed E-state index contributed by atoms with van der Waals surface area (Å²) in [6.07, 6.45) is 1.59. The second kappa shape index (κ2) is 7.03. The molecule has 1 fully saturated rings. The summed E-state index contributed by atoms with van der Waals surface area (Å²) in [7, 11) is -3.02. The van der Waals surface area contributed by atoms with E-state index in [2.05, 4.69) is 26.3 Å². The van der Waals surface area contributed by atoms with Crippen LogP contribution in [0.2, 0.25) is 0 Å². The molecule has 0 saturated heterocycles. The van der Waals surface area contributed by atoms with Crippen LogP contribution in [0.3, 0.4) is 0 Å². The molecule has 1 aliphatic carbocycles. The third kappa shape index (κ3) is 3.86. The van der Waals surface area contributed by atoms with E-state index < -0.39 is 21.3 Å². The first kappa shape index (κ1) is 20.6. The largest absolute Gasteiger partial charge is 0.495 e. The van der Waals surface area contributed by atoms with E-state index >= 15 is 0 Å². The lowest BCUT2D eigenvalue weighted by Crippen LogP contribution is -2.40. The van der Waals surface area contributed by atoms with Crippen molar-refractivity contribution < 1.29 is 17.9 Å². The van der Waals surface area contributed by atoms with Gasteiger partial charge < -0.3 is 10.1 Å². The molecule has 0 aliphatic heterocycles. The van der Waals surface area contributed by atoms with Gasteiger partial charge in [-0.05, 0) is 67.7 Å². The summed E-state index contributed by atoms with van der Waals surface area (Å²) in [4.78, 5) is 24.7. The van der Waals surface area contributed by atoms with Crippen molar-refractivity contribution >= 4 is 31.9 Å². The number of carbonyl (C=O) groups excluding carboxylic acids is 1. The lowest BCUT2D eigenvalue weighted by molar-refractivity contribution is 0.0919. The van der Waals surface area contributed by atoms with Crippen LogP contribution in [0.15, 0.2) is 32.6 Å². The van der Waals surface area contributed by atoms with Gasteiger partial charge in [0, 0.05) is 17.1 Å². The second-order valence-corrected chi connectivity index (χ2v) is 10.0. The predicted molar refractivity (Wildman–Crippen MR) is 105 cm³/mol. The SMILES string of the molecule is COc1cc(C(=O)NC(C)(C)C)ccc1S(=O)(=O)n1nc(Br)n(C2CC2)c1=O. The molecule has 1 aromatic heterocycles. The van der Waals surface area contributed by atoms with Crippen molar-refractivity contribution in [1.82, 2.24) is 19.1 Å². The van der Waals surface area contributed by atoms with Gasteiger partial charge in [0.2, 0.25) is 4.73 Å². The maximum absolute atomic E-state index is 13.0. The number of amides is 1. The van der Waals surface area contributed by atoms with E-state index in [0.29, 0.717) is 4.09 Å². The van der Waals surface area contributed by atoms with Crippen LogP contribution in [0.4, 0.5) is 0 Å². The van der Waals surface area contributed by atoms with Gasteiger partial charge in [-0.3, -0.25) is 9.36 Å². The molecule has 28 heavy (non-hydrogen) atoms. The van der Waals surface area contributed by atoms with Crippen LogP contribution >= 0.6 is 15.9 Å². The van der Waals surface area contributed by atoms with Crippen LogP contribution in [0, 0.1) is 0 Å². The molecule has 1 N–H and O–H groups in total. The Morgan fingerprint density at radius 1 is 1.32 bits per heavy atom. The summed E-state index contributed by atoms with van der Waals surface area (Å²) in [6.45, 7) is 5.50. The van der Waals surface area contributed by atoms with Crippen molar-refractivity contribution in [2.75, 3.05) is 7.11 Å². The fourth-order valence-corrected chi connectivity index (χ4v) is 4.67. The zero-order chi connectivity index (χ0) is 20.9. The Bertz CT molecular complexity index is 1090. The molecule has 2 aromatic rings. The molecule has 152 valence electrons. The van der Waals surface area contributed by atoms with Gasteiger partial charge >= 0.3 is 5.69 Å². The number of carbonyl (C=O) groups is 1. The van der Waals surface area contributed by atoms with E-state index in [-0.39, 0.29) is 32.9 Å². The maximum Gasteiger partial charge on any atom is 0.361 e. The van der Waals surface area contributed by atoms with Gasteiger partial charge in [0.1, 0.15) is 10.6 Å². The maximum atomic E-state index is 13.0. The molecule has 0 unspecified atom stereocenters. The monoisotopic (exact) mass is 472 g/mol. The van der Waals surface area contributed by atoms with E-state index in [0.717, 1.165) is 12.8 Å². The van der Waals surface area contributed by atoms with E-state index in [9.17, 15) is 18.0 Å². The standard InChI is InChI=1S/C17H21BrN4O5S/c1-17(2,3)19-14(23)10-5-8-13(12(9-10)27-4)28(25,26)22-16(24)21(11-6-7-11)15(18)20-22/h5,8-9,11H,6-7H2,1-4H3,(H,19,23). The van der Waals surface area contributed by atoms with Crippen molar-refractivity contribution in [3.05, 3.63) is 39.0 Å². The molecule has 0 radical (unpaired) electrons. The zero-order valence-electron chi connectivity index (χ0n) is 15.9. The van der Waals surface area contributed by atoms with Crippen LogP contribution in [0.25, 0.3) is 0 Å². The van der Waals surface area contributed by atoms with Crippen LogP contribution < -0.4 is 15.7 Å². The number of hydrogen-bond acceptors (Lipinski definition) is 6. The number of methoxy groups -OCH3 is 1.